The summed E-state index contributed by atoms with van der Waals surface area (Å²) in [5, 5.41) is 9.55. The average molecular weight is 244 g/mol. The third-order valence-electron chi connectivity index (χ3n) is 2.82. The highest BCUT2D eigenvalue weighted by Gasteiger charge is 2.44. The minimum Gasteiger partial charge on any atom is -0.387 e. The van der Waals surface area contributed by atoms with Crippen LogP contribution in [-0.2, 0) is 4.74 Å². The second-order valence-corrected chi connectivity index (χ2v) is 3.93. The van der Waals surface area contributed by atoms with Crippen molar-refractivity contribution < 1.29 is 14.2 Å². The molecule has 1 fully saturated rings. The molecule has 6 nitrogen and oxygen atoms in total. The summed E-state index contributed by atoms with van der Waals surface area (Å²) in [6, 6.07) is 1.10. The zero-order chi connectivity index (χ0) is 12.6. The molecule has 0 spiro atoms. The molecule has 1 aromatic rings. The van der Waals surface area contributed by atoms with Crippen LogP contribution in [0.3, 0.4) is 0 Å². The molecule has 7 heteroatoms. The molecule has 1 aromatic heterocycles. The Morgan fingerprint density at radius 3 is 2.82 bits per heavy atom. The maximum Gasteiger partial charge on any atom is 0.330 e. The normalized spacial score (nSPS) is 32.9. The van der Waals surface area contributed by atoms with Crippen molar-refractivity contribution in [2.24, 2.45) is 0 Å². The van der Waals surface area contributed by atoms with Crippen molar-refractivity contribution in [2.45, 2.75) is 38.0 Å². The van der Waals surface area contributed by atoms with Gasteiger partial charge in [0.2, 0.25) is 0 Å². The number of aromatic nitrogens is 2. The van der Waals surface area contributed by atoms with E-state index < -0.39 is 35.9 Å². The minimum absolute atomic E-state index is 0.441. The molecule has 2 heterocycles. The maximum absolute atomic E-state index is 13.8. The number of nitrogens with one attached hydrogen (secondary N) is 1. The minimum atomic E-state index is -1.69. The number of ether oxygens (including phenoxy) is 1. The first-order valence-corrected chi connectivity index (χ1v) is 5.33. The van der Waals surface area contributed by atoms with Gasteiger partial charge in [0.15, 0.2) is 12.4 Å². The van der Waals surface area contributed by atoms with E-state index in [0.29, 0.717) is 6.42 Å². The third-order valence-corrected chi connectivity index (χ3v) is 2.82. The van der Waals surface area contributed by atoms with Crippen molar-refractivity contribution in [3.63, 3.8) is 0 Å². The number of hydrogen-bond donors (Lipinski definition) is 2. The summed E-state index contributed by atoms with van der Waals surface area (Å²) in [5.74, 6) is 0. The molecule has 94 valence electrons. The highest BCUT2D eigenvalue weighted by molar-refractivity contribution is 4.92. The Morgan fingerprint density at radius 1 is 1.59 bits per heavy atom. The van der Waals surface area contributed by atoms with Gasteiger partial charge in [0.25, 0.3) is 5.56 Å². The molecule has 4 atom stereocenters. The smallest absolute Gasteiger partial charge is 0.330 e. The van der Waals surface area contributed by atoms with Gasteiger partial charge < -0.3 is 9.84 Å². The Kier molecular flexibility index (Phi) is 3.12. The Morgan fingerprint density at radius 2 is 2.29 bits per heavy atom. The highest BCUT2D eigenvalue weighted by Crippen LogP contribution is 2.31. The van der Waals surface area contributed by atoms with Crippen LogP contribution in [0, 0.1) is 0 Å². The van der Waals surface area contributed by atoms with E-state index in [0.717, 1.165) is 16.8 Å². The van der Waals surface area contributed by atoms with Crippen molar-refractivity contribution in [2.75, 3.05) is 0 Å². The van der Waals surface area contributed by atoms with E-state index in [1.165, 1.54) is 0 Å². The van der Waals surface area contributed by atoms with Crippen molar-refractivity contribution >= 4 is 0 Å². The van der Waals surface area contributed by atoms with Gasteiger partial charge in [-0.05, 0) is 6.42 Å². The fraction of sp³-hybridized carbons (Fsp3) is 0.600. The van der Waals surface area contributed by atoms with Gasteiger partial charge >= 0.3 is 5.69 Å². The van der Waals surface area contributed by atoms with Gasteiger partial charge in [-0.1, -0.05) is 6.92 Å². The molecule has 17 heavy (non-hydrogen) atoms. The maximum atomic E-state index is 13.8. The monoisotopic (exact) mass is 244 g/mol. The van der Waals surface area contributed by atoms with Crippen molar-refractivity contribution in [3.05, 3.63) is 33.1 Å². The molecular formula is C10H13FN2O4. The first-order chi connectivity index (χ1) is 8.04. The van der Waals surface area contributed by atoms with Gasteiger partial charge in [0, 0.05) is 12.3 Å². The van der Waals surface area contributed by atoms with Gasteiger partial charge in [0.1, 0.15) is 6.10 Å². The summed E-state index contributed by atoms with van der Waals surface area (Å²) >= 11 is 0. The predicted molar refractivity (Wildman–Crippen MR) is 56.4 cm³/mol. The van der Waals surface area contributed by atoms with E-state index in [1.54, 1.807) is 6.92 Å². The third kappa shape index (κ3) is 2.03. The van der Waals surface area contributed by atoms with Crippen LogP contribution in [0.4, 0.5) is 4.39 Å². The second kappa shape index (κ2) is 4.42. The molecule has 1 saturated heterocycles. The standard InChI is InChI=1S/C10H13FN2O4/c1-2-5-8(15)7(11)9(17-5)13-4-3-6(14)12-10(13)16/h3-5,7-9,15H,2H2,1H3,(H,12,14,16)/t5-,7+,8-,9+/m0/s1. The van der Waals surface area contributed by atoms with Gasteiger partial charge in [0.05, 0.1) is 6.10 Å². The van der Waals surface area contributed by atoms with E-state index in [9.17, 15) is 19.1 Å². The average Bonchev–Trinajstić information content (AvgIpc) is 2.57. The molecule has 0 aromatic carbocycles. The van der Waals surface area contributed by atoms with Crippen molar-refractivity contribution in [1.29, 1.82) is 0 Å². The number of aromatic amines is 1. The lowest BCUT2D eigenvalue weighted by atomic mass is 10.1. The van der Waals surface area contributed by atoms with Crippen molar-refractivity contribution in [3.8, 4) is 0 Å². The topological polar surface area (TPSA) is 84.3 Å². The fourth-order valence-corrected chi connectivity index (χ4v) is 1.89. The predicted octanol–water partition coefficient (Wildman–Crippen LogP) is -0.457. The summed E-state index contributed by atoms with van der Waals surface area (Å²) < 4.78 is 20.0. The van der Waals surface area contributed by atoms with E-state index in [2.05, 4.69) is 0 Å². The molecule has 0 saturated carbocycles. The zero-order valence-corrected chi connectivity index (χ0v) is 9.17. The summed E-state index contributed by atoms with van der Waals surface area (Å²) in [7, 11) is 0. The number of halogens is 1. The Balaban J connectivity index is 2.35. The first-order valence-electron chi connectivity index (χ1n) is 5.33. The molecule has 1 aliphatic heterocycles. The number of hydrogen-bond acceptors (Lipinski definition) is 4. The lowest BCUT2D eigenvalue weighted by molar-refractivity contribution is -0.0280. The molecule has 2 N–H and O–H groups in total. The molecule has 0 bridgehead atoms. The highest BCUT2D eigenvalue weighted by atomic mass is 19.1. The number of alkyl halides is 1. The Labute approximate surface area is 95.7 Å². The van der Waals surface area contributed by atoms with Gasteiger partial charge in [-0.3, -0.25) is 14.3 Å². The zero-order valence-electron chi connectivity index (χ0n) is 9.17. The lowest BCUT2D eigenvalue weighted by Gasteiger charge is -2.15. The van der Waals surface area contributed by atoms with Crippen LogP contribution in [0.2, 0.25) is 0 Å². The molecule has 0 radical (unpaired) electrons. The quantitative estimate of drug-likeness (QED) is 0.737. The Hall–Kier alpha value is -1.47. The van der Waals surface area contributed by atoms with E-state index >= 15 is 0 Å². The molecule has 2 rings (SSSR count). The summed E-state index contributed by atoms with van der Waals surface area (Å²) in [4.78, 5) is 24.3. The first kappa shape index (κ1) is 12.0. The van der Waals surface area contributed by atoms with Crippen LogP contribution >= 0.6 is 0 Å². The fourth-order valence-electron chi connectivity index (χ4n) is 1.89. The van der Waals surface area contributed by atoms with Gasteiger partial charge in [-0.25, -0.2) is 9.18 Å². The number of aliphatic hydroxyl groups excluding tert-OH is 1. The summed E-state index contributed by atoms with van der Waals surface area (Å²) in [6.45, 7) is 1.75. The number of H-pyrrole nitrogens is 1. The number of nitrogens with zero attached hydrogens (tertiary/aromatic N) is 1. The Bertz CT molecular complexity index is 512. The largest absolute Gasteiger partial charge is 0.387 e. The number of aliphatic hydroxyl groups is 1. The van der Waals surface area contributed by atoms with Crippen LogP contribution in [0.15, 0.2) is 21.9 Å². The molecule has 0 unspecified atom stereocenters. The summed E-state index contributed by atoms with van der Waals surface area (Å²) in [6.07, 6.45) is -3.19. The van der Waals surface area contributed by atoms with Crippen molar-refractivity contribution in [1.82, 2.24) is 9.55 Å². The lowest BCUT2D eigenvalue weighted by Crippen LogP contribution is -2.35. The molecule has 0 aliphatic carbocycles. The van der Waals surface area contributed by atoms with Gasteiger partial charge in [-0.2, -0.15) is 0 Å². The van der Waals surface area contributed by atoms with Crippen LogP contribution in [0.25, 0.3) is 0 Å². The summed E-state index contributed by atoms with van der Waals surface area (Å²) in [5.41, 5.74) is -1.32. The second-order valence-electron chi connectivity index (χ2n) is 3.93. The molecular weight excluding hydrogens is 231 g/mol. The molecule has 0 amide bonds. The van der Waals surface area contributed by atoms with E-state index in [1.807, 2.05) is 4.98 Å². The van der Waals surface area contributed by atoms with Crippen LogP contribution in [0.5, 0.6) is 0 Å². The van der Waals surface area contributed by atoms with Crippen LogP contribution in [-0.4, -0.2) is 33.0 Å². The van der Waals surface area contributed by atoms with Gasteiger partial charge in [-0.15, -0.1) is 0 Å². The van der Waals surface area contributed by atoms with E-state index in [4.69, 9.17) is 4.74 Å². The van der Waals surface area contributed by atoms with E-state index in [-0.39, 0.29) is 0 Å². The van der Waals surface area contributed by atoms with Crippen LogP contribution in [0.1, 0.15) is 19.6 Å². The molecule has 1 aliphatic rings. The SMILES string of the molecule is CC[C@@H]1O[C@@H](n2ccc(=O)[nH]c2=O)[C@H](F)[C@H]1O. The van der Waals surface area contributed by atoms with Crippen LogP contribution < -0.4 is 11.2 Å². The number of rotatable bonds is 2.